The number of likely N-dealkylation sites (tertiary alicyclic amines) is 1. The first-order valence-electron chi connectivity index (χ1n) is 8.78. The van der Waals surface area contributed by atoms with E-state index >= 15 is 0 Å². The van der Waals surface area contributed by atoms with Crippen molar-refractivity contribution < 1.29 is 14.3 Å². The highest BCUT2D eigenvalue weighted by molar-refractivity contribution is 5.94. The SMILES string of the molecule is CCC[C@@H](C)NC(=O)[C@H]1CCCN(C(=O)c2ccc(OC)cc2)C1. The Morgan fingerprint density at radius 3 is 2.67 bits per heavy atom. The minimum absolute atomic E-state index is 0.0169. The average molecular weight is 332 g/mol. The molecule has 0 saturated carbocycles. The number of piperidine rings is 1. The number of nitrogens with zero attached hydrogens (tertiary/aromatic N) is 1. The Hall–Kier alpha value is -2.04. The van der Waals surface area contributed by atoms with Crippen LogP contribution >= 0.6 is 0 Å². The summed E-state index contributed by atoms with van der Waals surface area (Å²) in [5.41, 5.74) is 0.635. The minimum atomic E-state index is -0.111. The molecule has 24 heavy (non-hydrogen) atoms. The number of hydrogen-bond acceptors (Lipinski definition) is 3. The summed E-state index contributed by atoms with van der Waals surface area (Å²) in [7, 11) is 1.60. The third-order valence-corrected chi connectivity index (χ3v) is 4.53. The van der Waals surface area contributed by atoms with Gasteiger partial charge in [-0.2, -0.15) is 0 Å². The summed E-state index contributed by atoms with van der Waals surface area (Å²) in [6, 6.07) is 7.30. The quantitative estimate of drug-likeness (QED) is 0.871. The highest BCUT2D eigenvalue weighted by atomic mass is 16.5. The first-order chi connectivity index (χ1) is 11.5. The van der Waals surface area contributed by atoms with E-state index in [4.69, 9.17) is 4.74 Å². The van der Waals surface area contributed by atoms with Crippen LogP contribution in [0.1, 0.15) is 49.9 Å². The maximum atomic E-state index is 12.6. The summed E-state index contributed by atoms with van der Waals surface area (Å²) in [5, 5.41) is 3.07. The fraction of sp³-hybridized carbons (Fsp3) is 0.579. The molecule has 1 aromatic carbocycles. The number of benzene rings is 1. The van der Waals surface area contributed by atoms with Crippen molar-refractivity contribution in [2.75, 3.05) is 20.2 Å². The summed E-state index contributed by atoms with van der Waals surface area (Å²) in [5.74, 6) is 0.674. The molecule has 0 aromatic heterocycles. The summed E-state index contributed by atoms with van der Waals surface area (Å²) in [6.07, 6.45) is 3.74. The molecular weight excluding hydrogens is 304 g/mol. The average Bonchev–Trinajstić information content (AvgIpc) is 2.61. The molecule has 0 radical (unpaired) electrons. The van der Waals surface area contributed by atoms with Crippen molar-refractivity contribution in [2.24, 2.45) is 5.92 Å². The Labute approximate surface area is 144 Å². The zero-order valence-corrected chi connectivity index (χ0v) is 14.9. The Morgan fingerprint density at radius 1 is 1.33 bits per heavy atom. The minimum Gasteiger partial charge on any atom is -0.497 e. The molecule has 1 saturated heterocycles. The molecule has 1 heterocycles. The molecule has 1 aromatic rings. The molecule has 2 rings (SSSR count). The summed E-state index contributed by atoms with van der Waals surface area (Å²) in [6.45, 7) is 5.34. The van der Waals surface area contributed by atoms with E-state index in [1.54, 1.807) is 36.3 Å². The van der Waals surface area contributed by atoms with E-state index in [2.05, 4.69) is 12.2 Å². The smallest absolute Gasteiger partial charge is 0.253 e. The molecule has 132 valence electrons. The molecule has 0 bridgehead atoms. The van der Waals surface area contributed by atoms with E-state index in [1.165, 1.54) is 0 Å². The third-order valence-electron chi connectivity index (χ3n) is 4.53. The van der Waals surface area contributed by atoms with Crippen LogP contribution < -0.4 is 10.1 Å². The molecule has 2 amide bonds. The van der Waals surface area contributed by atoms with E-state index in [-0.39, 0.29) is 23.8 Å². The molecule has 1 aliphatic rings. The first kappa shape index (κ1) is 18.3. The molecule has 0 spiro atoms. The van der Waals surface area contributed by atoms with Crippen LogP contribution in [0.4, 0.5) is 0 Å². The zero-order chi connectivity index (χ0) is 17.5. The Kier molecular flexibility index (Phi) is 6.64. The van der Waals surface area contributed by atoms with Gasteiger partial charge in [-0.15, -0.1) is 0 Å². The van der Waals surface area contributed by atoms with Gasteiger partial charge in [0, 0.05) is 24.7 Å². The predicted octanol–water partition coefficient (Wildman–Crippen LogP) is 2.85. The maximum absolute atomic E-state index is 12.6. The second-order valence-electron chi connectivity index (χ2n) is 6.52. The summed E-state index contributed by atoms with van der Waals surface area (Å²) >= 11 is 0. The number of nitrogens with one attached hydrogen (secondary N) is 1. The van der Waals surface area contributed by atoms with Gasteiger partial charge in [0.1, 0.15) is 5.75 Å². The molecule has 1 N–H and O–H groups in total. The first-order valence-corrected chi connectivity index (χ1v) is 8.78. The summed E-state index contributed by atoms with van der Waals surface area (Å²) in [4.78, 5) is 26.8. The number of hydrogen-bond donors (Lipinski definition) is 1. The van der Waals surface area contributed by atoms with Gasteiger partial charge >= 0.3 is 0 Å². The van der Waals surface area contributed by atoms with Gasteiger partial charge in [0.05, 0.1) is 13.0 Å². The fourth-order valence-electron chi connectivity index (χ4n) is 3.16. The van der Waals surface area contributed by atoms with E-state index in [0.29, 0.717) is 18.7 Å². The topological polar surface area (TPSA) is 58.6 Å². The van der Waals surface area contributed by atoms with Crippen LogP contribution in [-0.2, 0) is 4.79 Å². The van der Waals surface area contributed by atoms with Crippen molar-refractivity contribution in [1.82, 2.24) is 10.2 Å². The van der Waals surface area contributed by atoms with Crippen molar-refractivity contribution in [1.29, 1.82) is 0 Å². The lowest BCUT2D eigenvalue weighted by Gasteiger charge is -2.32. The number of rotatable bonds is 6. The number of carbonyl (C=O) groups is 2. The molecule has 2 atom stereocenters. The van der Waals surface area contributed by atoms with Gasteiger partial charge in [-0.05, 0) is 50.5 Å². The molecule has 0 unspecified atom stereocenters. The molecule has 5 nitrogen and oxygen atoms in total. The van der Waals surface area contributed by atoms with Gasteiger partial charge in [0.15, 0.2) is 0 Å². The lowest BCUT2D eigenvalue weighted by atomic mass is 9.96. The molecule has 1 fully saturated rings. The largest absolute Gasteiger partial charge is 0.497 e. The highest BCUT2D eigenvalue weighted by Gasteiger charge is 2.29. The fourth-order valence-corrected chi connectivity index (χ4v) is 3.16. The highest BCUT2D eigenvalue weighted by Crippen LogP contribution is 2.20. The van der Waals surface area contributed by atoms with Crippen LogP contribution in [0.5, 0.6) is 5.75 Å². The monoisotopic (exact) mass is 332 g/mol. The lowest BCUT2D eigenvalue weighted by Crippen LogP contribution is -2.47. The molecule has 1 aliphatic heterocycles. The van der Waals surface area contributed by atoms with Crippen LogP contribution in [-0.4, -0.2) is 43.0 Å². The van der Waals surface area contributed by atoms with Crippen LogP contribution in [0.2, 0.25) is 0 Å². The predicted molar refractivity (Wildman–Crippen MR) is 94.1 cm³/mol. The Bertz CT molecular complexity index is 556. The van der Waals surface area contributed by atoms with Crippen molar-refractivity contribution in [3.63, 3.8) is 0 Å². The number of amides is 2. The van der Waals surface area contributed by atoms with E-state index < -0.39 is 0 Å². The Morgan fingerprint density at radius 2 is 2.04 bits per heavy atom. The van der Waals surface area contributed by atoms with Gasteiger partial charge in [0.2, 0.25) is 5.91 Å². The van der Waals surface area contributed by atoms with E-state index in [1.807, 2.05) is 6.92 Å². The maximum Gasteiger partial charge on any atom is 0.253 e. The molecule has 5 heteroatoms. The van der Waals surface area contributed by atoms with Gasteiger partial charge in [0.25, 0.3) is 5.91 Å². The van der Waals surface area contributed by atoms with Gasteiger partial charge in [-0.25, -0.2) is 0 Å². The number of ether oxygens (including phenoxy) is 1. The van der Waals surface area contributed by atoms with Crippen LogP contribution in [0.25, 0.3) is 0 Å². The van der Waals surface area contributed by atoms with Crippen molar-refractivity contribution >= 4 is 11.8 Å². The summed E-state index contributed by atoms with van der Waals surface area (Å²) < 4.78 is 5.12. The lowest BCUT2D eigenvalue weighted by molar-refractivity contribution is -0.127. The number of methoxy groups -OCH3 is 1. The van der Waals surface area contributed by atoms with Crippen molar-refractivity contribution in [3.8, 4) is 5.75 Å². The zero-order valence-electron chi connectivity index (χ0n) is 14.9. The van der Waals surface area contributed by atoms with Gasteiger partial charge in [-0.3, -0.25) is 9.59 Å². The van der Waals surface area contributed by atoms with E-state index in [0.717, 1.165) is 31.4 Å². The standard InChI is InChI=1S/C19H28N2O3/c1-4-6-14(2)20-18(22)16-7-5-12-21(13-16)19(23)15-8-10-17(24-3)11-9-15/h8-11,14,16H,4-7,12-13H2,1-3H3,(H,20,22)/t14-,16+/m1/s1. The number of carbonyl (C=O) groups excluding carboxylic acids is 2. The second-order valence-corrected chi connectivity index (χ2v) is 6.52. The molecular formula is C19H28N2O3. The van der Waals surface area contributed by atoms with Crippen LogP contribution in [0.15, 0.2) is 24.3 Å². The van der Waals surface area contributed by atoms with Crippen LogP contribution in [0, 0.1) is 5.92 Å². The van der Waals surface area contributed by atoms with Gasteiger partial charge in [-0.1, -0.05) is 13.3 Å². The Balaban J connectivity index is 1.96. The van der Waals surface area contributed by atoms with Crippen molar-refractivity contribution in [3.05, 3.63) is 29.8 Å². The van der Waals surface area contributed by atoms with Crippen molar-refractivity contribution in [2.45, 2.75) is 45.6 Å². The normalized spacial score (nSPS) is 18.8. The third kappa shape index (κ3) is 4.73. The van der Waals surface area contributed by atoms with Crippen LogP contribution in [0.3, 0.4) is 0 Å². The van der Waals surface area contributed by atoms with Gasteiger partial charge < -0.3 is 15.0 Å². The van der Waals surface area contributed by atoms with E-state index in [9.17, 15) is 9.59 Å². The second kappa shape index (κ2) is 8.71. The molecule has 0 aliphatic carbocycles.